The zero-order chi connectivity index (χ0) is 24.1. The van der Waals surface area contributed by atoms with Gasteiger partial charge in [-0.2, -0.15) is 0 Å². The number of morpholine rings is 1. The third kappa shape index (κ3) is 5.07. The molecule has 0 bridgehead atoms. The van der Waals surface area contributed by atoms with Crippen molar-refractivity contribution < 1.29 is 23.7 Å². The molecule has 8 heteroatoms. The minimum atomic E-state index is -0.247. The van der Waals surface area contributed by atoms with Crippen molar-refractivity contribution in [2.24, 2.45) is 0 Å². The first-order valence-electron chi connectivity index (χ1n) is 11.1. The van der Waals surface area contributed by atoms with Crippen molar-refractivity contribution in [2.75, 3.05) is 57.8 Å². The van der Waals surface area contributed by atoms with E-state index in [-0.39, 0.29) is 5.91 Å². The zero-order valence-electron chi connectivity index (χ0n) is 19.9. The average molecular weight is 464 g/mol. The first kappa shape index (κ1) is 23.4. The number of amides is 1. The lowest BCUT2D eigenvalue weighted by Crippen LogP contribution is -2.36. The van der Waals surface area contributed by atoms with Crippen molar-refractivity contribution >= 4 is 34.4 Å². The number of hydrogen-bond acceptors (Lipinski definition) is 7. The Kier molecular flexibility index (Phi) is 7.18. The van der Waals surface area contributed by atoms with E-state index in [4.69, 9.17) is 23.9 Å². The van der Waals surface area contributed by atoms with Gasteiger partial charge in [0, 0.05) is 30.2 Å². The van der Waals surface area contributed by atoms with Crippen LogP contribution in [0.15, 0.2) is 42.5 Å². The Bertz CT molecular complexity index is 1190. The van der Waals surface area contributed by atoms with Crippen molar-refractivity contribution in [1.82, 2.24) is 4.98 Å². The number of methoxy groups -OCH3 is 3. The largest absolute Gasteiger partial charge is 0.493 e. The monoisotopic (exact) mass is 463 g/mol. The van der Waals surface area contributed by atoms with Crippen LogP contribution < -0.4 is 24.4 Å². The molecule has 0 aliphatic carbocycles. The van der Waals surface area contributed by atoms with Crippen molar-refractivity contribution in [3.8, 4) is 17.2 Å². The molecule has 1 aliphatic rings. The van der Waals surface area contributed by atoms with Crippen LogP contribution in [0.2, 0.25) is 0 Å². The highest BCUT2D eigenvalue weighted by molar-refractivity contribution is 6.03. The molecule has 1 saturated heterocycles. The molecule has 8 nitrogen and oxygen atoms in total. The smallest absolute Gasteiger partial charge is 0.248 e. The second kappa shape index (κ2) is 10.4. The number of aryl methyl sites for hydroxylation is 1. The number of pyridine rings is 1. The summed E-state index contributed by atoms with van der Waals surface area (Å²) in [5, 5.41) is 3.92. The molecule has 0 atom stereocenters. The van der Waals surface area contributed by atoms with E-state index in [1.54, 1.807) is 39.5 Å². The van der Waals surface area contributed by atoms with Crippen LogP contribution in [0.3, 0.4) is 0 Å². The predicted octanol–water partition coefficient (Wildman–Crippen LogP) is 4.06. The first-order chi connectivity index (χ1) is 16.5. The van der Waals surface area contributed by atoms with Gasteiger partial charge in [-0.3, -0.25) is 4.79 Å². The third-order valence-corrected chi connectivity index (χ3v) is 5.72. The summed E-state index contributed by atoms with van der Waals surface area (Å²) in [5.41, 5.74) is 3.46. The van der Waals surface area contributed by atoms with Crippen molar-refractivity contribution in [3.05, 3.63) is 53.6 Å². The van der Waals surface area contributed by atoms with Crippen LogP contribution in [0.25, 0.3) is 17.0 Å². The van der Waals surface area contributed by atoms with E-state index >= 15 is 0 Å². The summed E-state index contributed by atoms with van der Waals surface area (Å²) in [5.74, 6) is 2.26. The predicted molar refractivity (Wildman–Crippen MR) is 133 cm³/mol. The lowest BCUT2D eigenvalue weighted by atomic mass is 10.1. The van der Waals surface area contributed by atoms with Gasteiger partial charge in [-0.25, -0.2) is 4.98 Å². The van der Waals surface area contributed by atoms with Gasteiger partial charge in [0.2, 0.25) is 11.7 Å². The molecule has 0 unspecified atom stereocenters. The van der Waals surface area contributed by atoms with E-state index in [1.165, 1.54) is 6.08 Å². The Morgan fingerprint density at radius 3 is 2.38 bits per heavy atom. The van der Waals surface area contributed by atoms with Crippen LogP contribution in [0.5, 0.6) is 17.2 Å². The lowest BCUT2D eigenvalue weighted by molar-refractivity contribution is -0.111. The highest BCUT2D eigenvalue weighted by Gasteiger charge is 2.15. The van der Waals surface area contributed by atoms with E-state index in [9.17, 15) is 4.79 Å². The fraction of sp³-hybridized carbons (Fsp3) is 0.308. The number of hydrogen-bond donors (Lipinski definition) is 1. The van der Waals surface area contributed by atoms with Crippen molar-refractivity contribution in [3.63, 3.8) is 0 Å². The molecule has 1 fully saturated rings. The number of nitrogens with zero attached hydrogens (tertiary/aromatic N) is 2. The van der Waals surface area contributed by atoms with Gasteiger partial charge in [0.05, 0.1) is 40.1 Å². The summed E-state index contributed by atoms with van der Waals surface area (Å²) in [6, 6.07) is 11.4. The number of rotatable bonds is 7. The summed E-state index contributed by atoms with van der Waals surface area (Å²) in [4.78, 5) is 19.6. The maximum atomic E-state index is 12.6. The maximum Gasteiger partial charge on any atom is 0.248 e. The number of benzene rings is 2. The van der Waals surface area contributed by atoms with Gasteiger partial charge in [-0.1, -0.05) is 0 Å². The van der Waals surface area contributed by atoms with Crippen LogP contribution in [-0.4, -0.2) is 58.5 Å². The van der Waals surface area contributed by atoms with Crippen LogP contribution in [0.4, 0.5) is 11.5 Å². The number of fused-ring (bicyclic) bond motifs is 1. The van der Waals surface area contributed by atoms with Gasteiger partial charge >= 0.3 is 0 Å². The molecular formula is C26H29N3O5. The first-order valence-corrected chi connectivity index (χ1v) is 11.1. The van der Waals surface area contributed by atoms with E-state index in [0.717, 1.165) is 40.9 Å². The van der Waals surface area contributed by atoms with Crippen molar-refractivity contribution in [2.45, 2.75) is 6.92 Å². The Balaban J connectivity index is 1.50. The molecule has 0 spiro atoms. The molecule has 1 N–H and O–H groups in total. The topological polar surface area (TPSA) is 82.2 Å². The minimum absolute atomic E-state index is 0.247. The maximum absolute atomic E-state index is 12.6. The van der Waals surface area contributed by atoms with Gasteiger partial charge in [0.25, 0.3) is 0 Å². The van der Waals surface area contributed by atoms with Gasteiger partial charge in [0.15, 0.2) is 11.5 Å². The molecule has 0 saturated carbocycles. The third-order valence-electron chi connectivity index (χ3n) is 5.72. The van der Waals surface area contributed by atoms with Gasteiger partial charge in [-0.15, -0.1) is 0 Å². The number of ether oxygens (including phenoxy) is 4. The second-order valence-corrected chi connectivity index (χ2v) is 7.91. The Hall–Kier alpha value is -3.78. The normalized spacial score (nSPS) is 13.8. The van der Waals surface area contributed by atoms with Gasteiger partial charge < -0.3 is 29.2 Å². The minimum Gasteiger partial charge on any atom is -0.493 e. The molecule has 0 radical (unpaired) electrons. The number of carbonyl (C=O) groups is 1. The van der Waals surface area contributed by atoms with Gasteiger partial charge in [-0.05, 0) is 60.5 Å². The van der Waals surface area contributed by atoms with Crippen LogP contribution in [0, 0.1) is 6.92 Å². The fourth-order valence-corrected chi connectivity index (χ4v) is 3.96. The Morgan fingerprint density at radius 1 is 1.03 bits per heavy atom. The zero-order valence-corrected chi connectivity index (χ0v) is 19.9. The number of anilines is 2. The van der Waals surface area contributed by atoms with Crippen LogP contribution in [0.1, 0.15) is 11.1 Å². The number of aromatic nitrogens is 1. The van der Waals surface area contributed by atoms with E-state index < -0.39 is 0 Å². The Labute approximate surface area is 199 Å². The average Bonchev–Trinajstić information content (AvgIpc) is 2.87. The molecule has 178 valence electrons. The summed E-state index contributed by atoms with van der Waals surface area (Å²) in [7, 11) is 4.66. The number of nitrogens with one attached hydrogen (secondary N) is 1. The van der Waals surface area contributed by atoms with Gasteiger partial charge in [0.1, 0.15) is 5.82 Å². The van der Waals surface area contributed by atoms with E-state index in [2.05, 4.69) is 23.2 Å². The molecule has 1 aromatic heterocycles. The van der Waals surface area contributed by atoms with Crippen molar-refractivity contribution in [1.29, 1.82) is 0 Å². The molecule has 4 rings (SSSR count). The number of carbonyl (C=O) groups excluding carboxylic acids is 1. The summed E-state index contributed by atoms with van der Waals surface area (Å²) in [6.07, 6.45) is 3.17. The van der Waals surface area contributed by atoms with Crippen LogP contribution in [-0.2, 0) is 9.53 Å². The van der Waals surface area contributed by atoms with E-state index in [0.29, 0.717) is 36.1 Å². The standard InChI is InChI=1S/C26H29N3O5/c1-17-13-24(29-9-11-34-12-10-29)28-21-7-6-19(16-20(17)21)27-25(30)8-5-18-14-22(31-2)26(33-4)23(15-18)32-3/h5-8,13-16H,9-12H2,1-4H3,(H,27,30)/b8-5+. The highest BCUT2D eigenvalue weighted by atomic mass is 16.5. The molecule has 3 aromatic rings. The molecule has 2 heterocycles. The molecular weight excluding hydrogens is 434 g/mol. The highest BCUT2D eigenvalue weighted by Crippen LogP contribution is 2.38. The summed E-state index contributed by atoms with van der Waals surface area (Å²) < 4.78 is 21.5. The quantitative estimate of drug-likeness (QED) is 0.529. The summed E-state index contributed by atoms with van der Waals surface area (Å²) >= 11 is 0. The SMILES string of the molecule is COc1cc(/C=C/C(=O)Nc2ccc3nc(N4CCOCC4)cc(C)c3c2)cc(OC)c1OC. The molecule has 1 aliphatic heterocycles. The van der Waals surface area contributed by atoms with Crippen LogP contribution >= 0.6 is 0 Å². The Morgan fingerprint density at radius 2 is 1.74 bits per heavy atom. The molecule has 1 amide bonds. The summed E-state index contributed by atoms with van der Waals surface area (Å²) in [6.45, 7) is 5.17. The second-order valence-electron chi connectivity index (χ2n) is 7.91. The molecule has 34 heavy (non-hydrogen) atoms. The fourth-order valence-electron chi connectivity index (χ4n) is 3.96. The molecule has 2 aromatic carbocycles. The van der Waals surface area contributed by atoms with E-state index in [1.807, 2.05) is 18.2 Å². The lowest BCUT2D eigenvalue weighted by Gasteiger charge is -2.28.